The van der Waals surface area contributed by atoms with Gasteiger partial charge in [-0.2, -0.15) is 0 Å². The van der Waals surface area contributed by atoms with Gasteiger partial charge in [-0.3, -0.25) is 4.90 Å². The summed E-state index contributed by atoms with van der Waals surface area (Å²) in [5, 5.41) is 12.3. The van der Waals surface area contributed by atoms with E-state index in [1.54, 1.807) is 0 Å². The summed E-state index contributed by atoms with van der Waals surface area (Å²) in [6, 6.07) is 5.99. The number of nitrogens with zero attached hydrogens (tertiary/aromatic N) is 4. The molecule has 1 saturated heterocycles. The highest BCUT2D eigenvalue weighted by molar-refractivity contribution is 5.90. The summed E-state index contributed by atoms with van der Waals surface area (Å²) in [5.41, 5.74) is 0.545. The van der Waals surface area contributed by atoms with Gasteiger partial charge in [-0.15, -0.1) is 0 Å². The molecule has 2 heterocycles. The molecule has 1 aliphatic rings. The Kier molecular flexibility index (Phi) is 4.04. The van der Waals surface area contributed by atoms with Crippen molar-refractivity contribution in [3.8, 4) is 0 Å². The monoisotopic (exact) mass is 262 g/mol. The minimum absolute atomic E-state index is 0.203. The quantitative estimate of drug-likeness (QED) is 0.513. The van der Waals surface area contributed by atoms with Gasteiger partial charge in [-0.05, 0) is 32.9 Å². The largest absolute Gasteiger partial charge is 0.411 e. The maximum Gasteiger partial charge on any atom is 0.128 e. The van der Waals surface area contributed by atoms with Gasteiger partial charge < -0.3 is 10.1 Å². The molecular formula is C14H22N4O. The lowest BCUT2D eigenvalue weighted by molar-refractivity contribution is 0.161. The van der Waals surface area contributed by atoms with Crippen molar-refractivity contribution in [2.24, 2.45) is 5.16 Å². The van der Waals surface area contributed by atoms with E-state index in [1.165, 1.54) is 0 Å². The molecule has 5 nitrogen and oxygen atoms in total. The second-order valence-electron chi connectivity index (χ2n) is 5.41. The van der Waals surface area contributed by atoms with Crippen LogP contribution in [0.15, 0.2) is 29.6 Å². The number of rotatable bonds is 3. The fourth-order valence-corrected chi connectivity index (χ4v) is 2.39. The van der Waals surface area contributed by atoms with Crippen LogP contribution in [0.5, 0.6) is 0 Å². The molecule has 1 aliphatic heterocycles. The molecule has 0 amide bonds. The summed E-state index contributed by atoms with van der Waals surface area (Å²) in [6.07, 6.45) is 1.83. The maximum absolute atomic E-state index is 8.97. The Morgan fingerprint density at radius 3 is 2.47 bits per heavy atom. The minimum atomic E-state index is -0.203. The summed E-state index contributed by atoms with van der Waals surface area (Å²) < 4.78 is 0. The van der Waals surface area contributed by atoms with E-state index >= 15 is 0 Å². The predicted octanol–water partition coefficient (Wildman–Crippen LogP) is 1.83. The standard InChI is InChI=1S/C14H22N4O/c1-12(16-19)14(2,3)18-10-8-17(9-11-18)13-6-4-5-7-15-13/h4-7,19H,8-11H2,1-3H3/b16-12+. The summed E-state index contributed by atoms with van der Waals surface area (Å²) in [7, 11) is 0. The van der Waals surface area contributed by atoms with Gasteiger partial charge in [-0.1, -0.05) is 11.2 Å². The molecule has 104 valence electrons. The molecule has 0 unspecified atom stereocenters. The zero-order chi connectivity index (χ0) is 13.9. The molecule has 2 rings (SSSR count). The Hall–Kier alpha value is -1.62. The third-order valence-corrected chi connectivity index (χ3v) is 4.08. The van der Waals surface area contributed by atoms with E-state index in [9.17, 15) is 0 Å². The van der Waals surface area contributed by atoms with Gasteiger partial charge in [-0.25, -0.2) is 4.98 Å². The average Bonchev–Trinajstić information content (AvgIpc) is 2.47. The molecule has 19 heavy (non-hydrogen) atoms. The second kappa shape index (κ2) is 5.57. The number of anilines is 1. The Balaban J connectivity index is 2.00. The van der Waals surface area contributed by atoms with Crippen LogP contribution in [0.3, 0.4) is 0 Å². The maximum atomic E-state index is 8.97. The molecule has 1 N–H and O–H groups in total. The highest BCUT2D eigenvalue weighted by atomic mass is 16.4. The van der Waals surface area contributed by atoms with Crippen molar-refractivity contribution >= 4 is 11.5 Å². The number of oxime groups is 1. The van der Waals surface area contributed by atoms with E-state index in [4.69, 9.17) is 5.21 Å². The SMILES string of the molecule is C/C(=N\O)C(C)(C)N1CCN(c2ccccn2)CC1. The zero-order valence-electron chi connectivity index (χ0n) is 11.9. The van der Waals surface area contributed by atoms with Crippen LogP contribution >= 0.6 is 0 Å². The van der Waals surface area contributed by atoms with E-state index in [2.05, 4.69) is 33.8 Å². The first kappa shape index (κ1) is 13.8. The molecule has 0 saturated carbocycles. The summed E-state index contributed by atoms with van der Waals surface area (Å²) in [4.78, 5) is 9.02. The van der Waals surface area contributed by atoms with Crippen LogP contribution in [0.25, 0.3) is 0 Å². The van der Waals surface area contributed by atoms with Crippen LogP contribution < -0.4 is 4.90 Å². The third-order valence-electron chi connectivity index (χ3n) is 4.08. The van der Waals surface area contributed by atoms with Gasteiger partial charge in [0.05, 0.1) is 11.3 Å². The molecule has 0 aliphatic carbocycles. The predicted molar refractivity (Wildman–Crippen MR) is 77.0 cm³/mol. The Labute approximate surface area is 114 Å². The topological polar surface area (TPSA) is 52.0 Å². The van der Waals surface area contributed by atoms with Gasteiger partial charge in [0, 0.05) is 32.4 Å². The van der Waals surface area contributed by atoms with E-state index in [0.29, 0.717) is 0 Å². The van der Waals surface area contributed by atoms with Crippen molar-refractivity contribution in [1.82, 2.24) is 9.88 Å². The van der Waals surface area contributed by atoms with Crippen molar-refractivity contribution in [1.29, 1.82) is 0 Å². The van der Waals surface area contributed by atoms with E-state index in [1.807, 2.05) is 31.3 Å². The molecular weight excluding hydrogens is 240 g/mol. The first-order valence-corrected chi connectivity index (χ1v) is 6.66. The summed E-state index contributed by atoms with van der Waals surface area (Å²) >= 11 is 0. The van der Waals surface area contributed by atoms with Gasteiger partial charge in [0.25, 0.3) is 0 Å². The lowest BCUT2D eigenvalue weighted by Gasteiger charge is -2.44. The molecule has 0 aromatic carbocycles. The zero-order valence-corrected chi connectivity index (χ0v) is 11.9. The molecule has 1 fully saturated rings. The number of aromatic nitrogens is 1. The molecule has 0 radical (unpaired) electrons. The van der Waals surface area contributed by atoms with E-state index in [0.717, 1.165) is 37.7 Å². The first-order valence-electron chi connectivity index (χ1n) is 6.66. The molecule has 0 atom stereocenters. The number of hydrogen-bond donors (Lipinski definition) is 1. The fourth-order valence-electron chi connectivity index (χ4n) is 2.39. The van der Waals surface area contributed by atoms with Gasteiger partial charge in [0.1, 0.15) is 5.82 Å². The lowest BCUT2D eigenvalue weighted by Crippen LogP contribution is -2.57. The van der Waals surface area contributed by atoms with Gasteiger partial charge in [0.2, 0.25) is 0 Å². The van der Waals surface area contributed by atoms with E-state index < -0.39 is 0 Å². The highest BCUT2D eigenvalue weighted by Crippen LogP contribution is 2.21. The molecule has 1 aromatic heterocycles. The lowest BCUT2D eigenvalue weighted by atomic mass is 9.96. The van der Waals surface area contributed by atoms with E-state index in [-0.39, 0.29) is 5.54 Å². The normalized spacial score (nSPS) is 18.7. The van der Waals surface area contributed by atoms with Crippen molar-refractivity contribution in [2.75, 3.05) is 31.1 Å². The van der Waals surface area contributed by atoms with Crippen molar-refractivity contribution < 1.29 is 5.21 Å². The van der Waals surface area contributed by atoms with Crippen LogP contribution in [0.1, 0.15) is 20.8 Å². The Morgan fingerprint density at radius 2 is 1.95 bits per heavy atom. The van der Waals surface area contributed by atoms with Gasteiger partial charge >= 0.3 is 0 Å². The van der Waals surface area contributed by atoms with Crippen LogP contribution in [-0.4, -0.2) is 52.5 Å². The minimum Gasteiger partial charge on any atom is -0.411 e. The van der Waals surface area contributed by atoms with Crippen LogP contribution in [0.2, 0.25) is 0 Å². The van der Waals surface area contributed by atoms with Gasteiger partial charge in [0.15, 0.2) is 0 Å². The molecule has 0 spiro atoms. The van der Waals surface area contributed by atoms with Crippen molar-refractivity contribution in [3.05, 3.63) is 24.4 Å². The Bertz CT molecular complexity index is 436. The number of pyridine rings is 1. The average molecular weight is 262 g/mol. The van der Waals surface area contributed by atoms with Crippen molar-refractivity contribution in [3.63, 3.8) is 0 Å². The summed E-state index contributed by atoms with van der Waals surface area (Å²) in [6.45, 7) is 9.83. The number of hydrogen-bond acceptors (Lipinski definition) is 5. The summed E-state index contributed by atoms with van der Waals surface area (Å²) in [5.74, 6) is 1.03. The van der Waals surface area contributed by atoms with Crippen molar-refractivity contribution in [2.45, 2.75) is 26.3 Å². The second-order valence-corrected chi connectivity index (χ2v) is 5.41. The third kappa shape index (κ3) is 2.87. The smallest absolute Gasteiger partial charge is 0.128 e. The van der Waals surface area contributed by atoms with Crippen LogP contribution in [-0.2, 0) is 0 Å². The Morgan fingerprint density at radius 1 is 1.26 bits per heavy atom. The molecule has 0 bridgehead atoms. The van der Waals surface area contributed by atoms with Crippen LogP contribution in [0.4, 0.5) is 5.82 Å². The molecule has 1 aromatic rings. The molecule has 5 heteroatoms. The fraction of sp³-hybridized carbons (Fsp3) is 0.571. The van der Waals surface area contributed by atoms with Crippen LogP contribution in [0, 0.1) is 0 Å². The first-order chi connectivity index (χ1) is 9.05. The number of piperazine rings is 1. The highest BCUT2D eigenvalue weighted by Gasteiger charge is 2.32.